The van der Waals surface area contributed by atoms with Crippen LogP contribution >= 0.6 is 0 Å². The van der Waals surface area contributed by atoms with Crippen LogP contribution in [-0.2, 0) is 9.47 Å². The molecule has 2 aromatic carbocycles. The van der Waals surface area contributed by atoms with Gasteiger partial charge in [0, 0.05) is 23.6 Å². The zero-order chi connectivity index (χ0) is 22.5. The van der Waals surface area contributed by atoms with Gasteiger partial charge in [-0.05, 0) is 18.6 Å². The van der Waals surface area contributed by atoms with Gasteiger partial charge in [-0.15, -0.1) is 0 Å². The quantitative estimate of drug-likeness (QED) is 0.331. The third-order valence-electron chi connectivity index (χ3n) is 4.59. The highest BCUT2D eigenvalue weighted by atomic mass is 19.2. The maximum absolute atomic E-state index is 14.5. The van der Waals surface area contributed by atoms with Crippen molar-refractivity contribution in [3.8, 4) is 11.5 Å². The molecule has 10 heteroatoms. The number of esters is 1. The van der Waals surface area contributed by atoms with Gasteiger partial charge in [-0.25, -0.2) is 26.7 Å². The molecule has 31 heavy (non-hydrogen) atoms. The summed E-state index contributed by atoms with van der Waals surface area (Å²) < 4.78 is 88.4. The van der Waals surface area contributed by atoms with Crippen molar-refractivity contribution >= 4 is 5.97 Å². The number of hydrogen-bond donors (Lipinski definition) is 0. The smallest absolute Gasteiger partial charge is 0.349 e. The van der Waals surface area contributed by atoms with Gasteiger partial charge in [0.2, 0.25) is 6.86 Å². The van der Waals surface area contributed by atoms with Gasteiger partial charge in [-0.3, -0.25) is 0 Å². The molecule has 3 rings (SSSR count). The summed E-state index contributed by atoms with van der Waals surface area (Å²) in [6.45, 7) is 1.27. The monoisotopic (exact) mass is 446 g/mol. The first-order chi connectivity index (χ1) is 14.8. The molecule has 0 unspecified atom stereocenters. The molecule has 0 radical (unpaired) electrons. The van der Waals surface area contributed by atoms with E-state index in [1.807, 2.05) is 6.92 Å². The van der Waals surface area contributed by atoms with Crippen molar-refractivity contribution in [2.24, 2.45) is 5.92 Å². The van der Waals surface area contributed by atoms with Gasteiger partial charge < -0.3 is 18.9 Å². The maximum Gasteiger partial charge on any atom is 0.349 e. The Kier molecular flexibility index (Phi) is 7.45. The lowest BCUT2D eigenvalue weighted by Gasteiger charge is -2.29. The second-order valence-electron chi connectivity index (χ2n) is 6.87. The first-order valence-electron chi connectivity index (χ1n) is 9.46. The number of hydrogen-bond acceptors (Lipinski definition) is 5. The normalized spacial score (nSPS) is 18.6. The van der Waals surface area contributed by atoms with E-state index >= 15 is 0 Å². The Hall–Kier alpha value is -2.72. The predicted molar refractivity (Wildman–Crippen MR) is 97.3 cm³/mol. The molecule has 0 spiro atoms. The van der Waals surface area contributed by atoms with Crippen LogP contribution in [0.2, 0.25) is 0 Å². The summed E-state index contributed by atoms with van der Waals surface area (Å²) in [6, 6.07) is 2.77. The van der Waals surface area contributed by atoms with Crippen LogP contribution in [0.5, 0.6) is 11.5 Å². The Morgan fingerprint density at radius 2 is 1.58 bits per heavy atom. The fourth-order valence-electron chi connectivity index (χ4n) is 3.18. The number of carbonyl (C=O) groups excluding carboxylic acids is 1. The zero-order valence-electron chi connectivity index (χ0n) is 16.4. The fourth-order valence-corrected chi connectivity index (χ4v) is 3.18. The van der Waals surface area contributed by atoms with Gasteiger partial charge >= 0.3 is 5.97 Å². The Morgan fingerprint density at radius 3 is 2.10 bits per heavy atom. The van der Waals surface area contributed by atoms with E-state index in [9.17, 15) is 26.7 Å². The number of alkyl halides is 1. The summed E-state index contributed by atoms with van der Waals surface area (Å²) in [7, 11) is 0. The summed E-state index contributed by atoms with van der Waals surface area (Å²) >= 11 is 0. The second-order valence-corrected chi connectivity index (χ2v) is 6.87. The molecule has 168 valence electrons. The van der Waals surface area contributed by atoms with E-state index in [1.54, 1.807) is 0 Å². The van der Waals surface area contributed by atoms with Crippen molar-refractivity contribution in [1.82, 2.24) is 0 Å². The SMILES string of the molecule is CCCC1COC(c2cc(F)c(C(=O)Oc3cc(F)c(OCF)c(F)c3)c(F)c2)OC1. The molecule has 0 atom stereocenters. The average Bonchev–Trinajstić information content (AvgIpc) is 2.71. The first kappa shape index (κ1) is 23.0. The highest BCUT2D eigenvalue weighted by Gasteiger charge is 2.28. The zero-order valence-corrected chi connectivity index (χ0v) is 16.4. The molecule has 0 saturated carbocycles. The van der Waals surface area contributed by atoms with Crippen LogP contribution in [0.3, 0.4) is 0 Å². The van der Waals surface area contributed by atoms with Gasteiger partial charge in [-0.2, -0.15) is 0 Å². The molecule has 0 bridgehead atoms. The van der Waals surface area contributed by atoms with Crippen LogP contribution in [0.15, 0.2) is 24.3 Å². The number of ether oxygens (including phenoxy) is 4. The van der Waals surface area contributed by atoms with Crippen molar-refractivity contribution in [1.29, 1.82) is 0 Å². The lowest BCUT2D eigenvalue weighted by Crippen LogP contribution is -2.27. The Labute approximate surface area is 174 Å². The first-order valence-corrected chi connectivity index (χ1v) is 9.46. The highest BCUT2D eigenvalue weighted by Crippen LogP contribution is 2.31. The van der Waals surface area contributed by atoms with E-state index in [0.29, 0.717) is 25.3 Å². The van der Waals surface area contributed by atoms with Gasteiger partial charge in [-0.1, -0.05) is 13.3 Å². The molecule has 0 amide bonds. The van der Waals surface area contributed by atoms with E-state index < -0.39 is 59.5 Å². The van der Waals surface area contributed by atoms with Crippen molar-refractivity contribution in [3.05, 3.63) is 58.7 Å². The van der Waals surface area contributed by atoms with Crippen molar-refractivity contribution < 1.29 is 45.7 Å². The van der Waals surface area contributed by atoms with Crippen LogP contribution < -0.4 is 9.47 Å². The van der Waals surface area contributed by atoms with E-state index in [1.165, 1.54) is 0 Å². The molecule has 1 aliphatic rings. The molecule has 0 aromatic heterocycles. The van der Waals surface area contributed by atoms with Crippen LogP contribution in [-0.4, -0.2) is 26.0 Å². The second kappa shape index (κ2) is 10.1. The predicted octanol–water partition coefficient (Wildman–Crippen LogP) is 5.23. The third-order valence-corrected chi connectivity index (χ3v) is 4.59. The Bertz CT molecular complexity index is 898. The van der Waals surface area contributed by atoms with E-state index in [2.05, 4.69) is 9.47 Å². The minimum absolute atomic E-state index is 0.0336. The largest absolute Gasteiger partial charge is 0.457 e. The maximum atomic E-state index is 14.5. The van der Waals surface area contributed by atoms with Gasteiger partial charge in [0.15, 0.2) is 23.7 Å². The van der Waals surface area contributed by atoms with Crippen LogP contribution in [0.1, 0.15) is 42.0 Å². The molecule has 1 aliphatic heterocycles. The number of benzene rings is 2. The average molecular weight is 446 g/mol. The summed E-state index contributed by atoms with van der Waals surface area (Å²) in [5.41, 5.74) is -1.03. The van der Waals surface area contributed by atoms with Crippen LogP contribution in [0.25, 0.3) is 0 Å². The van der Waals surface area contributed by atoms with Crippen molar-refractivity contribution in [2.75, 3.05) is 20.1 Å². The molecule has 1 saturated heterocycles. The number of halogens is 5. The van der Waals surface area contributed by atoms with Gasteiger partial charge in [0.25, 0.3) is 0 Å². The third kappa shape index (κ3) is 5.31. The van der Waals surface area contributed by atoms with E-state index in [4.69, 9.17) is 9.47 Å². The molecule has 1 heterocycles. The van der Waals surface area contributed by atoms with Gasteiger partial charge in [0.1, 0.15) is 22.9 Å². The molecule has 5 nitrogen and oxygen atoms in total. The summed E-state index contributed by atoms with van der Waals surface area (Å²) in [5.74, 6) is -8.27. The highest BCUT2D eigenvalue weighted by molar-refractivity contribution is 5.91. The van der Waals surface area contributed by atoms with E-state index in [-0.39, 0.29) is 11.5 Å². The summed E-state index contributed by atoms with van der Waals surface area (Å²) in [5, 5.41) is 0. The van der Waals surface area contributed by atoms with Crippen molar-refractivity contribution in [3.63, 3.8) is 0 Å². The van der Waals surface area contributed by atoms with E-state index in [0.717, 1.165) is 25.0 Å². The van der Waals surface area contributed by atoms with Crippen molar-refractivity contribution in [2.45, 2.75) is 26.1 Å². The minimum Gasteiger partial charge on any atom is -0.457 e. The molecular weight excluding hydrogens is 427 g/mol. The fraction of sp³-hybridized carbons (Fsp3) is 0.381. The molecular formula is C21H19F5O5. The van der Waals surface area contributed by atoms with Crippen LogP contribution in [0.4, 0.5) is 22.0 Å². The Balaban J connectivity index is 1.75. The molecule has 2 aromatic rings. The lowest BCUT2D eigenvalue weighted by molar-refractivity contribution is -0.206. The minimum atomic E-state index is -1.52. The summed E-state index contributed by atoms with van der Waals surface area (Å²) in [6.07, 6.45) is 0.845. The standard InChI is InChI=1S/C21H19F5O5/c1-2-3-11-8-28-21(29-9-11)12-4-14(23)18(15(24)5-12)20(27)31-13-6-16(25)19(30-10-22)17(26)7-13/h4-7,11,21H,2-3,8-10H2,1H3. The van der Waals surface area contributed by atoms with Crippen LogP contribution in [0, 0.1) is 29.2 Å². The number of rotatable bonds is 7. The lowest BCUT2D eigenvalue weighted by atomic mass is 10.0. The summed E-state index contributed by atoms with van der Waals surface area (Å²) in [4.78, 5) is 12.2. The number of carbonyl (C=O) groups is 1. The van der Waals surface area contributed by atoms with Gasteiger partial charge in [0.05, 0.1) is 13.2 Å². The topological polar surface area (TPSA) is 54.0 Å². The molecule has 1 fully saturated rings. The molecule has 0 N–H and O–H groups in total. The molecule has 0 aliphatic carbocycles. The Morgan fingerprint density at radius 1 is 1.00 bits per heavy atom.